The third-order valence-corrected chi connectivity index (χ3v) is 11.4. The average Bonchev–Trinajstić information content (AvgIpc) is 3.29. The van der Waals surface area contributed by atoms with Gasteiger partial charge in [-0.1, -0.05) is 222 Å². The monoisotopic (exact) mass is 893 g/mol. The first-order valence-electron chi connectivity index (χ1n) is 26.9. The molecule has 0 aliphatic heterocycles. The molecular formula is C58H100O6. The second-order valence-electron chi connectivity index (χ2n) is 17.8. The molecule has 6 nitrogen and oxygen atoms in total. The molecule has 0 saturated carbocycles. The van der Waals surface area contributed by atoms with E-state index in [0.29, 0.717) is 19.3 Å². The first-order chi connectivity index (χ1) is 31.5. The third-order valence-electron chi connectivity index (χ3n) is 11.4. The van der Waals surface area contributed by atoms with Crippen molar-refractivity contribution in [2.75, 3.05) is 13.2 Å². The molecule has 368 valence electrons. The van der Waals surface area contributed by atoms with Gasteiger partial charge in [-0.25, -0.2) is 0 Å². The van der Waals surface area contributed by atoms with Gasteiger partial charge in [-0.2, -0.15) is 0 Å². The van der Waals surface area contributed by atoms with E-state index in [-0.39, 0.29) is 31.1 Å². The molecule has 1 unspecified atom stereocenters. The minimum absolute atomic E-state index is 0.0794. The quantitative estimate of drug-likeness (QED) is 0.0262. The number of ether oxygens (including phenoxy) is 3. The number of hydrogen-bond donors (Lipinski definition) is 0. The first-order valence-corrected chi connectivity index (χ1v) is 26.9. The summed E-state index contributed by atoms with van der Waals surface area (Å²) in [5.41, 5.74) is 0. The van der Waals surface area contributed by atoms with Crippen molar-refractivity contribution in [1.29, 1.82) is 0 Å². The lowest BCUT2D eigenvalue weighted by Crippen LogP contribution is -2.30. The van der Waals surface area contributed by atoms with E-state index >= 15 is 0 Å². The number of allylic oxidation sites excluding steroid dienone is 12. The van der Waals surface area contributed by atoms with Crippen LogP contribution in [0.25, 0.3) is 0 Å². The molecule has 0 heterocycles. The Hall–Kier alpha value is -3.15. The molecule has 0 N–H and O–H groups in total. The summed E-state index contributed by atoms with van der Waals surface area (Å²) in [6.45, 7) is 6.47. The summed E-state index contributed by atoms with van der Waals surface area (Å²) in [6, 6.07) is 0. The van der Waals surface area contributed by atoms with Gasteiger partial charge in [0.1, 0.15) is 13.2 Å². The molecule has 0 aliphatic rings. The van der Waals surface area contributed by atoms with Gasteiger partial charge in [0.2, 0.25) is 0 Å². The number of hydrogen-bond acceptors (Lipinski definition) is 6. The topological polar surface area (TPSA) is 78.9 Å². The lowest BCUT2D eigenvalue weighted by atomic mass is 10.1. The van der Waals surface area contributed by atoms with Crippen molar-refractivity contribution in [3.8, 4) is 0 Å². The number of rotatable bonds is 48. The van der Waals surface area contributed by atoms with E-state index in [9.17, 15) is 14.4 Å². The molecule has 0 rings (SSSR count). The van der Waals surface area contributed by atoms with Crippen LogP contribution < -0.4 is 0 Å². The van der Waals surface area contributed by atoms with E-state index in [1.54, 1.807) is 0 Å². The van der Waals surface area contributed by atoms with Crippen LogP contribution in [-0.4, -0.2) is 37.2 Å². The lowest BCUT2D eigenvalue weighted by Gasteiger charge is -2.18. The van der Waals surface area contributed by atoms with Gasteiger partial charge in [0.15, 0.2) is 6.10 Å². The normalized spacial score (nSPS) is 12.6. The molecule has 0 aromatic rings. The number of esters is 3. The van der Waals surface area contributed by atoms with Gasteiger partial charge in [0.25, 0.3) is 0 Å². The average molecular weight is 893 g/mol. The zero-order valence-corrected chi connectivity index (χ0v) is 42.0. The molecule has 0 radical (unpaired) electrons. The summed E-state index contributed by atoms with van der Waals surface area (Å²) >= 11 is 0. The van der Waals surface area contributed by atoms with Gasteiger partial charge >= 0.3 is 17.9 Å². The fourth-order valence-corrected chi connectivity index (χ4v) is 7.40. The summed E-state index contributed by atoms with van der Waals surface area (Å²) in [4.78, 5) is 37.8. The van der Waals surface area contributed by atoms with Gasteiger partial charge in [-0.05, 0) is 89.9 Å². The maximum Gasteiger partial charge on any atom is 0.306 e. The van der Waals surface area contributed by atoms with Crippen LogP contribution in [0.5, 0.6) is 0 Å². The van der Waals surface area contributed by atoms with Crippen molar-refractivity contribution >= 4 is 17.9 Å². The van der Waals surface area contributed by atoms with Crippen LogP contribution >= 0.6 is 0 Å². The summed E-state index contributed by atoms with van der Waals surface area (Å²) in [7, 11) is 0. The molecule has 1 atom stereocenters. The van der Waals surface area contributed by atoms with Crippen LogP contribution in [0.1, 0.15) is 258 Å². The Labute approximate surface area is 395 Å². The molecule has 0 bridgehead atoms. The molecule has 0 aromatic carbocycles. The zero-order valence-electron chi connectivity index (χ0n) is 42.0. The Morgan fingerprint density at radius 3 is 0.969 bits per heavy atom. The molecule has 6 heteroatoms. The van der Waals surface area contributed by atoms with E-state index in [4.69, 9.17) is 14.2 Å². The first kappa shape index (κ1) is 60.9. The van der Waals surface area contributed by atoms with Crippen molar-refractivity contribution in [2.45, 2.75) is 264 Å². The Morgan fingerprint density at radius 2 is 0.609 bits per heavy atom. The Morgan fingerprint density at radius 1 is 0.328 bits per heavy atom. The van der Waals surface area contributed by atoms with Gasteiger partial charge in [-0.3, -0.25) is 14.4 Å². The molecule has 0 aliphatic carbocycles. The SMILES string of the molecule is CC/C=C\C/C=C\C/C=C\C/C=C\C/C=C\CCCCCCCCCCCC(=O)OCC(COC(=O)CCCCCCCCC)OC(=O)CCCCCCC/C=C\CCCCCCC. The molecule has 0 saturated heterocycles. The van der Waals surface area contributed by atoms with Crippen molar-refractivity contribution < 1.29 is 28.6 Å². The Balaban J connectivity index is 4.19. The molecule has 0 amide bonds. The fourth-order valence-electron chi connectivity index (χ4n) is 7.40. The summed E-state index contributed by atoms with van der Waals surface area (Å²) in [5, 5.41) is 0. The molecule has 0 aromatic heterocycles. The van der Waals surface area contributed by atoms with Crippen LogP contribution in [0.2, 0.25) is 0 Å². The van der Waals surface area contributed by atoms with Crippen molar-refractivity contribution in [1.82, 2.24) is 0 Å². The predicted molar refractivity (Wildman–Crippen MR) is 274 cm³/mol. The largest absolute Gasteiger partial charge is 0.462 e. The smallest absolute Gasteiger partial charge is 0.306 e. The van der Waals surface area contributed by atoms with Crippen LogP contribution in [-0.2, 0) is 28.6 Å². The Bertz CT molecular complexity index is 1210. The zero-order chi connectivity index (χ0) is 46.5. The van der Waals surface area contributed by atoms with Crippen LogP contribution in [0, 0.1) is 0 Å². The van der Waals surface area contributed by atoms with Crippen molar-refractivity contribution in [3.63, 3.8) is 0 Å². The lowest BCUT2D eigenvalue weighted by molar-refractivity contribution is -0.167. The predicted octanol–water partition coefficient (Wildman–Crippen LogP) is 17.8. The van der Waals surface area contributed by atoms with E-state index in [1.165, 1.54) is 109 Å². The highest BCUT2D eigenvalue weighted by molar-refractivity contribution is 5.71. The Kier molecular flexibility index (Phi) is 49.9. The highest BCUT2D eigenvalue weighted by atomic mass is 16.6. The molecule has 0 spiro atoms. The highest BCUT2D eigenvalue weighted by Crippen LogP contribution is 2.14. The van der Waals surface area contributed by atoms with E-state index in [2.05, 4.69) is 93.7 Å². The van der Waals surface area contributed by atoms with Crippen molar-refractivity contribution in [3.05, 3.63) is 72.9 Å². The molecule has 64 heavy (non-hydrogen) atoms. The van der Waals surface area contributed by atoms with Gasteiger partial charge in [0.05, 0.1) is 0 Å². The van der Waals surface area contributed by atoms with Crippen LogP contribution in [0.15, 0.2) is 72.9 Å². The second-order valence-corrected chi connectivity index (χ2v) is 17.8. The summed E-state index contributed by atoms with van der Waals surface area (Å²) in [5.74, 6) is -0.898. The second kappa shape index (κ2) is 52.5. The molecular weight excluding hydrogens is 793 g/mol. The number of unbranched alkanes of at least 4 members (excludes halogenated alkanes) is 25. The minimum Gasteiger partial charge on any atom is -0.462 e. The highest BCUT2D eigenvalue weighted by Gasteiger charge is 2.19. The van der Waals surface area contributed by atoms with Crippen molar-refractivity contribution in [2.24, 2.45) is 0 Å². The fraction of sp³-hybridized carbons (Fsp3) is 0.741. The number of carbonyl (C=O) groups is 3. The van der Waals surface area contributed by atoms with Crippen LogP contribution in [0.4, 0.5) is 0 Å². The van der Waals surface area contributed by atoms with Crippen LogP contribution in [0.3, 0.4) is 0 Å². The maximum absolute atomic E-state index is 12.8. The standard InChI is InChI=1S/C58H100O6/c1-4-7-10-13-16-18-20-22-24-25-26-27-28-29-30-31-32-33-34-36-37-39-42-45-48-51-57(60)63-54-55(53-62-56(59)50-47-44-41-15-12-9-6-3)64-58(61)52-49-46-43-40-38-35-23-21-19-17-14-11-8-5-2/h7,10,16,18,21-24,26-27,29-30,55H,4-6,8-9,11-15,17,19-20,25,28,31-54H2,1-3H3/b10-7-,18-16-,23-21-,24-22-,27-26-,30-29-. The van der Waals surface area contributed by atoms with Gasteiger partial charge < -0.3 is 14.2 Å². The summed E-state index contributed by atoms with van der Waals surface area (Å²) < 4.78 is 16.7. The van der Waals surface area contributed by atoms with E-state index < -0.39 is 6.10 Å². The summed E-state index contributed by atoms with van der Waals surface area (Å²) in [6.07, 6.45) is 66.2. The van der Waals surface area contributed by atoms with Gasteiger partial charge in [-0.15, -0.1) is 0 Å². The maximum atomic E-state index is 12.8. The van der Waals surface area contributed by atoms with Gasteiger partial charge in [0, 0.05) is 19.3 Å². The third kappa shape index (κ3) is 49.9. The van der Waals surface area contributed by atoms with E-state index in [0.717, 1.165) is 109 Å². The minimum atomic E-state index is -0.778. The number of carbonyl (C=O) groups excluding carboxylic acids is 3. The molecule has 0 fully saturated rings. The van der Waals surface area contributed by atoms with E-state index in [1.807, 2.05) is 0 Å².